The second-order valence-electron chi connectivity index (χ2n) is 5.53. The third-order valence-corrected chi connectivity index (χ3v) is 4.09. The number of hydrogen-bond acceptors (Lipinski definition) is 3. The Morgan fingerprint density at radius 3 is 2.90 bits per heavy atom. The molecule has 1 saturated heterocycles. The van der Waals surface area contributed by atoms with Gasteiger partial charge in [0.2, 0.25) is 0 Å². The summed E-state index contributed by atoms with van der Waals surface area (Å²) >= 11 is 0. The molecule has 20 heavy (non-hydrogen) atoms. The van der Waals surface area contributed by atoms with Gasteiger partial charge in [-0.25, -0.2) is 9.97 Å². The summed E-state index contributed by atoms with van der Waals surface area (Å²) in [4.78, 5) is 22.3. The molecule has 1 aliphatic rings. The topological polar surface area (TPSA) is 52.2 Å². The first-order valence-corrected chi connectivity index (χ1v) is 7.48. The summed E-state index contributed by atoms with van der Waals surface area (Å²) in [5.74, 6) is 0. The van der Waals surface area contributed by atoms with Crippen molar-refractivity contribution in [2.45, 2.75) is 32.2 Å². The van der Waals surface area contributed by atoms with Crippen LogP contribution in [0, 0.1) is 0 Å². The lowest BCUT2D eigenvalue weighted by molar-refractivity contribution is -0.905. The monoisotopic (exact) mass is 273 g/mol. The number of fused-ring (bicyclic) bond motifs is 1. The summed E-state index contributed by atoms with van der Waals surface area (Å²) in [6.07, 6.45) is 8.40. The lowest BCUT2D eigenvalue weighted by Crippen LogP contribution is -3.12. The van der Waals surface area contributed by atoms with Crippen LogP contribution in [0.15, 0.2) is 29.5 Å². The molecule has 1 N–H and O–H groups in total. The molecule has 1 aliphatic heterocycles. The molecule has 2 aromatic heterocycles. The molecule has 5 nitrogen and oxygen atoms in total. The molecule has 0 unspecified atom stereocenters. The molecular formula is C15H21N4O+. The molecule has 1 fully saturated rings. The van der Waals surface area contributed by atoms with Gasteiger partial charge in [-0.05, 0) is 31.4 Å². The van der Waals surface area contributed by atoms with Crippen LogP contribution >= 0.6 is 0 Å². The minimum atomic E-state index is 0.0248. The number of nitrogens with one attached hydrogen (secondary N) is 1. The van der Waals surface area contributed by atoms with Crippen LogP contribution in [0.5, 0.6) is 0 Å². The van der Waals surface area contributed by atoms with Crippen LogP contribution in [0.4, 0.5) is 0 Å². The Kier molecular flexibility index (Phi) is 4.06. The maximum Gasteiger partial charge on any atom is 0.262 e. The maximum absolute atomic E-state index is 12.3. The normalized spacial score (nSPS) is 16.6. The number of piperidine rings is 1. The van der Waals surface area contributed by atoms with Gasteiger partial charge in [0, 0.05) is 19.2 Å². The third-order valence-electron chi connectivity index (χ3n) is 4.09. The molecule has 0 saturated carbocycles. The molecule has 0 bridgehead atoms. The average molecular weight is 273 g/mol. The number of likely N-dealkylation sites (tertiary alicyclic amines) is 1. The van der Waals surface area contributed by atoms with Crippen LogP contribution in [0.2, 0.25) is 0 Å². The van der Waals surface area contributed by atoms with Crippen LogP contribution in [-0.4, -0.2) is 34.2 Å². The van der Waals surface area contributed by atoms with Gasteiger partial charge < -0.3 is 4.90 Å². The van der Waals surface area contributed by atoms with E-state index in [0.717, 1.165) is 19.5 Å². The molecule has 3 rings (SSSR count). The molecule has 0 atom stereocenters. The molecular weight excluding hydrogens is 252 g/mol. The van der Waals surface area contributed by atoms with Crippen molar-refractivity contribution in [1.82, 2.24) is 14.5 Å². The first-order valence-electron chi connectivity index (χ1n) is 7.48. The number of aromatic nitrogens is 3. The van der Waals surface area contributed by atoms with E-state index in [9.17, 15) is 4.79 Å². The van der Waals surface area contributed by atoms with E-state index >= 15 is 0 Å². The molecule has 0 aliphatic carbocycles. The fourth-order valence-corrected chi connectivity index (χ4v) is 2.96. The molecule has 0 aromatic carbocycles. The van der Waals surface area contributed by atoms with E-state index in [-0.39, 0.29) is 5.56 Å². The lowest BCUT2D eigenvalue weighted by atomic mass is 10.1. The summed E-state index contributed by atoms with van der Waals surface area (Å²) in [5.41, 5.74) is 0.562. The highest BCUT2D eigenvalue weighted by atomic mass is 16.1. The first-order chi connectivity index (χ1) is 9.84. The van der Waals surface area contributed by atoms with E-state index < -0.39 is 0 Å². The quantitative estimate of drug-likeness (QED) is 0.869. The van der Waals surface area contributed by atoms with E-state index in [1.54, 1.807) is 34.1 Å². The van der Waals surface area contributed by atoms with Crippen LogP contribution in [0.3, 0.4) is 0 Å². The Hall–Kier alpha value is -1.75. The number of aryl methyl sites for hydroxylation is 1. The minimum Gasteiger partial charge on any atom is -0.335 e. The Bertz CT molecular complexity index is 631. The summed E-state index contributed by atoms with van der Waals surface area (Å²) in [5, 5.41) is 0.611. The summed E-state index contributed by atoms with van der Waals surface area (Å²) in [6, 6.07) is 3.58. The zero-order valence-electron chi connectivity index (χ0n) is 11.7. The first kappa shape index (κ1) is 13.2. The fourth-order valence-electron chi connectivity index (χ4n) is 2.96. The van der Waals surface area contributed by atoms with Crippen LogP contribution in [-0.2, 0) is 6.54 Å². The maximum atomic E-state index is 12.3. The zero-order chi connectivity index (χ0) is 13.8. The molecule has 5 heteroatoms. The van der Waals surface area contributed by atoms with Gasteiger partial charge in [-0.1, -0.05) is 0 Å². The SMILES string of the molecule is O=c1c2cccnc2ncn1CCC[NH+]1CCCCC1. The standard InChI is InChI=1S/C15H20N4O/c20-15-13-6-4-7-16-14(13)17-12-19(15)11-5-10-18-8-2-1-3-9-18/h4,6-7,12H,1-3,5,8-11H2/p+1. The Morgan fingerprint density at radius 1 is 1.20 bits per heavy atom. The molecule has 106 valence electrons. The van der Waals surface area contributed by atoms with Crippen molar-refractivity contribution in [3.8, 4) is 0 Å². The number of rotatable bonds is 4. The number of nitrogens with zero attached hydrogens (tertiary/aromatic N) is 3. The fraction of sp³-hybridized carbons (Fsp3) is 0.533. The van der Waals surface area contributed by atoms with Crippen molar-refractivity contribution in [2.24, 2.45) is 0 Å². The molecule has 2 aromatic rings. The molecule has 0 radical (unpaired) electrons. The predicted octanol–water partition coefficient (Wildman–Crippen LogP) is 0.250. The molecule has 3 heterocycles. The van der Waals surface area contributed by atoms with Crippen molar-refractivity contribution < 1.29 is 4.90 Å². The van der Waals surface area contributed by atoms with Gasteiger partial charge in [0.05, 0.1) is 31.3 Å². The summed E-state index contributed by atoms with van der Waals surface area (Å²) in [7, 11) is 0. The number of hydrogen-bond donors (Lipinski definition) is 1. The highest BCUT2D eigenvalue weighted by Gasteiger charge is 2.13. The number of quaternary nitrogens is 1. The average Bonchev–Trinajstić information content (AvgIpc) is 2.51. The van der Waals surface area contributed by atoms with Crippen LogP contribution in [0.25, 0.3) is 11.0 Å². The second kappa shape index (κ2) is 6.13. The Balaban J connectivity index is 1.65. The molecule has 0 amide bonds. The van der Waals surface area contributed by atoms with Gasteiger partial charge >= 0.3 is 0 Å². The Morgan fingerprint density at radius 2 is 2.05 bits per heavy atom. The largest absolute Gasteiger partial charge is 0.335 e. The van der Waals surface area contributed by atoms with Gasteiger partial charge in [0.15, 0.2) is 5.65 Å². The van der Waals surface area contributed by atoms with Gasteiger partial charge in [-0.3, -0.25) is 9.36 Å². The van der Waals surface area contributed by atoms with Gasteiger partial charge in [-0.15, -0.1) is 0 Å². The van der Waals surface area contributed by atoms with Crippen molar-refractivity contribution in [2.75, 3.05) is 19.6 Å². The smallest absolute Gasteiger partial charge is 0.262 e. The van der Waals surface area contributed by atoms with Crippen molar-refractivity contribution >= 4 is 11.0 Å². The van der Waals surface area contributed by atoms with Crippen molar-refractivity contribution in [3.05, 3.63) is 35.0 Å². The van der Waals surface area contributed by atoms with E-state index in [0.29, 0.717) is 11.0 Å². The summed E-state index contributed by atoms with van der Waals surface area (Å²) in [6.45, 7) is 4.47. The van der Waals surface area contributed by atoms with Gasteiger partial charge in [-0.2, -0.15) is 0 Å². The van der Waals surface area contributed by atoms with E-state index in [4.69, 9.17) is 0 Å². The predicted molar refractivity (Wildman–Crippen MR) is 77.8 cm³/mol. The number of pyridine rings is 1. The van der Waals surface area contributed by atoms with Crippen molar-refractivity contribution in [1.29, 1.82) is 0 Å². The molecule has 0 spiro atoms. The second-order valence-corrected chi connectivity index (χ2v) is 5.53. The van der Waals surface area contributed by atoms with Gasteiger partial charge in [0.1, 0.15) is 0 Å². The third kappa shape index (κ3) is 2.88. The highest BCUT2D eigenvalue weighted by molar-refractivity contribution is 5.72. The van der Waals surface area contributed by atoms with Gasteiger partial charge in [0.25, 0.3) is 5.56 Å². The van der Waals surface area contributed by atoms with E-state index in [2.05, 4.69) is 9.97 Å². The van der Waals surface area contributed by atoms with E-state index in [1.165, 1.54) is 32.4 Å². The highest BCUT2D eigenvalue weighted by Crippen LogP contribution is 2.01. The lowest BCUT2D eigenvalue weighted by Gasteiger charge is -2.23. The Labute approximate surface area is 118 Å². The van der Waals surface area contributed by atoms with Crippen molar-refractivity contribution in [3.63, 3.8) is 0 Å². The van der Waals surface area contributed by atoms with E-state index in [1.807, 2.05) is 0 Å². The van der Waals surface area contributed by atoms with Crippen LogP contribution in [0.1, 0.15) is 25.7 Å². The summed E-state index contributed by atoms with van der Waals surface area (Å²) < 4.78 is 1.72. The zero-order valence-corrected chi connectivity index (χ0v) is 11.7. The minimum absolute atomic E-state index is 0.0248. The van der Waals surface area contributed by atoms with Crippen LogP contribution < -0.4 is 10.5 Å².